The number of ether oxygens (including phenoxy) is 3. The highest BCUT2D eigenvalue weighted by Crippen LogP contribution is 2.32. The minimum atomic E-state index is -0.632. The third kappa shape index (κ3) is 4.98. The molecule has 2 aromatic rings. The first-order valence-corrected chi connectivity index (χ1v) is 9.47. The molecular formula is C20H19BrF2N2O3. The fourth-order valence-corrected chi connectivity index (χ4v) is 3.18. The van der Waals surface area contributed by atoms with Crippen molar-refractivity contribution in [2.75, 3.05) is 18.5 Å². The molecule has 0 aliphatic carbocycles. The Kier molecular flexibility index (Phi) is 6.18. The normalized spacial score (nSPS) is 17.9. The van der Waals surface area contributed by atoms with Gasteiger partial charge in [-0.1, -0.05) is 15.9 Å². The van der Waals surface area contributed by atoms with E-state index >= 15 is 0 Å². The molecule has 0 spiro atoms. The van der Waals surface area contributed by atoms with Gasteiger partial charge in [-0.2, -0.15) is 5.26 Å². The minimum Gasteiger partial charge on any atom is -0.492 e. The summed E-state index contributed by atoms with van der Waals surface area (Å²) < 4.78 is 45.5. The van der Waals surface area contributed by atoms with E-state index in [1.165, 1.54) is 12.1 Å². The van der Waals surface area contributed by atoms with Crippen molar-refractivity contribution in [3.05, 3.63) is 52.0 Å². The summed E-state index contributed by atoms with van der Waals surface area (Å²) in [4.78, 5) is 0. The van der Waals surface area contributed by atoms with E-state index < -0.39 is 17.4 Å². The van der Waals surface area contributed by atoms with E-state index in [1.807, 2.05) is 19.9 Å². The van der Waals surface area contributed by atoms with E-state index in [9.17, 15) is 14.0 Å². The van der Waals surface area contributed by atoms with Crippen molar-refractivity contribution in [1.82, 2.24) is 0 Å². The van der Waals surface area contributed by atoms with Crippen LogP contribution in [0, 0.1) is 23.0 Å². The van der Waals surface area contributed by atoms with Crippen LogP contribution in [0.5, 0.6) is 5.75 Å². The SMILES string of the molecule is CC1(C)OCC(CCOc2cc(F)cc(Nc3ccc(Br)cc3F)c2C#N)O1. The zero-order valence-corrected chi connectivity index (χ0v) is 17.0. The summed E-state index contributed by atoms with van der Waals surface area (Å²) in [6.45, 7) is 4.31. The number of halogens is 3. The van der Waals surface area contributed by atoms with E-state index in [-0.39, 0.29) is 35.4 Å². The van der Waals surface area contributed by atoms with Gasteiger partial charge in [0.1, 0.15) is 29.0 Å². The second kappa shape index (κ2) is 8.43. The molecule has 1 unspecified atom stereocenters. The van der Waals surface area contributed by atoms with Crippen LogP contribution in [0.25, 0.3) is 0 Å². The fraction of sp³-hybridized carbons (Fsp3) is 0.350. The van der Waals surface area contributed by atoms with Gasteiger partial charge in [0.05, 0.1) is 30.7 Å². The van der Waals surface area contributed by atoms with Crippen molar-refractivity contribution in [3.8, 4) is 11.8 Å². The summed E-state index contributed by atoms with van der Waals surface area (Å²) in [5, 5.41) is 12.3. The van der Waals surface area contributed by atoms with E-state index in [0.29, 0.717) is 17.5 Å². The summed E-state index contributed by atoms with van der Waals surface area (Å²) in [6, 6.07) is 8.66. The molecule has 1 heterocycles. The van der Waals surface area contributed by atoms with Crippen LogP contribution in [0.4, 0.5) is 20.2 Å². The van der Waals surface area contributed by atoms with Crippen molar-refractivity contribution >= 4 is 27.3 Å². The van der Waals surface area contributed by atoms with Crippen LogP contribution in [0.2, 0.25) is 0 Å². The highest BCUT2D eigenvalue weighted by atomic mass is 79.9. The highest BCUT2D eigenvalue weighted by molar-refractivity contribution is 9.10. The van der Waals surface area contributed by atoms with Crippen LogP contribution < -0.4 is 10.1 Å². The minimum absolute atomic E-state index is 0.0840. The zero-order valence-electron chi connectivity index (χ0n) is 15.4. The lowest BCUT2D eigenvalue weighted by atomic mass is 10.1. The predicted octanol–water partition coefficient (Wildman–Crippen LogP) is 5.26. The van der Waals surface area contributed by atoms with Gasteiger partial charge in [0.15, 0.2) is 5.79 Å². The molecule has 1 atom stereocenters. The maximum absolute atomic E-state index is 14.1. The molecule has 148 valence electrons. The lowest BCUT2D eigenvalue weighted by Crippen LogP contribution is -2.22. The van der Waals surface area contributed by atoms with Crippen LogP contribution in [0.1, 0.15) is 25.8 Å². The molecule has 8 heteroatoms. The quantitative estimate of drug-likeness (QED) is 0.647. The maximum atomic E-state index is 14.1. The molecule has 1 N–H and O–H groups in total. The lowest BCUT2D eigenvalue weighted by molar-refractivity contribution is -0.139. The van der Waals surface area contributed by atoms with Gasteiger partial charge in [0.2, 0.25) is 0 Å². The number of hydrogen-bond donors (Lipinski definition) is 1. The first-order valence-electron chi connectivity index (χ1n) is 8.68. The van der Waals surface area contributed by atoms with Gasteiger partial charge in [-0.3, -0.25) is 0 Å². The van der Waals surface area contributed by atoms with Crippen LogP contribution in [0.15, 0.2) is 34.8 Å². The smallest absolute Gasteiger partial charge is 0.163 e. The molecule has 1 aliphatic rings. The predicted molar refractivity (Wildman–Crippen MR) is 104 cm³/mol. The zero-order chi connectivity index (χ0) is 20.3. The lowest BCUT2D eigenvalue weighted by Gasteiger charge is -2.17. The maximum Gasteiger partial charge on any atom is 0.163 e. The number of rotatable bonds is 6. The van der Waals surface area contributed by atoms with Gasteiger partial charge in [-0.25, -0.2) is 8.78 Å². The Labute approximate surface area is 170 Å². The number of nitrogens with zero attached hydrogens (tertiary/aromatic N) is 1. The Balaban J connectivity index is 1.74. The van der Waals surface area contributed by atoms with E-state index in [0.717, 1.165) is 12.1 Å². The Morgan fingerprint density at radius 2 is 2.07 bits per heavy atom. The topological polar surface area (TPSA) is 63.5 Å². The molecule has 3 rings (SSSR count). The monoisotopic (exact) mass is 452 g/mol. The van der Waals surface area contributed by atoms with Crippen LogP contribution >= 0.6 is 15.9 Å². The van der Waals surface area contributed by atoms with Crippen molar-refractivity contribution in [2.24, 2.45) is 0 Å². The number of hydrogen-bond acceptors (Lipinski definition) is 5. The second-order valence-electron chi connectivity index (χ2n) is 6.78. The standard InChI is InChI=1S/C20H19BrF2N2O3/c1-20(2)27-11-14(28-20)5-6-26-19-9-13(22)8-18(15(19)10-24)25-17-4-3-12(21)7-16(17)23/h3-4,7-9,14,25H,5-6,11H2,1-2H3. The molecule has 1 saturated heterocycles. The summed E-state index contributed by atoms with van der Waals surface area (Å²) in [7, 11) is 0. The van der Waals surface area contributed by atoms with Gasteiger partial charge >= 0.3 is 0 Å². The molecule has 2 aromatic carbocycles. The summed E-state index contributed by atoms with van der Waals surface area (Å²) in [5.41, 5.74) is 0.336. The van der Waals surface area contributed by atoms with E-state index in [1.54, 1.807) is 6.07 Å². The summed E-state index contributed by atoms with van der Waals surface area (Å²) in [6.07, 6.45) is 0.387. The van der Waals surface area contributed by atoms with Crippen LogP contribution in [-0.2, 0) is 9.47 Å². The third-order valence-electron chi connectivity index (χ3n) is 4.14. The number of nitrogens with one attached hydrogen (secondary N) is 1. The molecule has 0 aromatic heterocycles. The first kappa shape index (κ1) is 20.5. The van der Waals surface area contributed by atoms with Crippen molar-refractivity contribution in [2.45, 2.75) is 32.2 Å². The van der Waals surface area contributed by atoms with Gasteiger partial charge in [-0.05, 0) is 38.1 Å². The molecule has 0 amide bonds. The average molecular weight is 453 g/mol. The Hall–Kier alpha value is -2.21. The van der Waals surface area contributed by atoms with Gasteiger partial charge in [0, 0.05) is 17.0 Å². The molecule has 0 bridgehead atoms. The largest absolute Gasteiger partial charge is 0.492 e. The number of anilines is 2. The van der Waals surface area contributed by atoms with Gasteiger partial charge in [-0.15, -0.1) is 0 Å². The molecule has 28 heavy (non-hydrogen) atoms. The molecular weight excluding hydrogens is 434 g/mol. The Morgan fingerprint density at radius 3 is 2.71 bits per heavy atom. The average Bonchev–Trinajstić information content (AvgIpc) is 2.96. The van der Waals surface area contributed by atoms with Crippen LogP contribution in [-0.4, -0.2) is 25.1 Å². The van der Waals surface area contributed by atoms with Gasteiger partial charge < -0.3 is 19.5 Å². The first-order chi connectivity index (χ1) is 13.3. The highest BCUT2D eigenvalue weighted by Gasteiger charge is 2.32. The third-order valence-corrected chi connectivity index (χ3v) is 4.64. The Bertz CT molecular complexity index is 915. The fourth-order valence-electron chi connectivity index (χ4n) is 2.85. The molecule has 1 aliphatic heterocycles. The molecule has 5 nitrogen and oxygen atoms in total. The van der Waals surface area contributed by atoms with Crippen molar-refractivity contribution in [3.63, 3.8) is 0 Å². The molecule has 1 fully saturated rings. The second-order valence-corrected chi connectivity index (χ2v) is 7.69. The Morgan fingerprint density at radius 1 is 1.29 bits per heavy atom. The van der Waals surface area contributed by atoms with E-state index in [4.69, 9.17) is 14.2 Å². The van der Waals surface area contributed by atoms with Crippen molar-refractivity contribution in [1.29, 1.82) is 5.26 Å². The summed E-state index contributed by atoms with van der Waals surface area (Å²) in [5.74, 6) is -1.69. The van der Waals surface area contributed by atoms with Crippen molar-refractivity contribution < 1.29 is 23.0 Å². The molecule has 0 radical (unpaired) electrons. The number of nitriles is 1. The van der Waals surface area contributed by atoms with E-state index in [2.05, 4.69) is 21.2 Å². The number of benzene rings is 2. The molecule has 0 saturated carbocycles. The summed E-state index contributed by atoms with van der Waals surface area (Å²) >= 11 is 3.18. The van der Waals surface area contributed by atoms with Crippen LogP contribution in [0.3, 0.4) is 0 Å². The van der Waals surface area contributed by atoms with Gasteiger partial charge in [0.25, 0.3) is 0 Å².